The SMILES string of the molecule is C[C@@H](NC(=O)c1ccc2c(n1)N(C(=O)Nc1cc(NCCO)ccn1)C1CCN2C1)C(F)(F)F. The van der Waals surface area contributed by atoms with Crippen LogP contribution < -0.4 is 25.8 Å². The molecule has 1 unspecified atom stereocenters. The number of amides is 3. The highest BCUT2D eigenvalue weighted by molar-refractivity contribution is 6.05. The molecule has 13 heteroatoms. The Kier molecular flexibility index (Phi) is 6.46. The van der Waals surface area contributed by atoms with Gasteiger partial charge in [-0.05, 0) is 31.5 Å². The molecule has 2 aromatic rings. The Hall–Kier alpha value is -3.61. The molecule has 0 radical (unpaired) electrons. The largest absolute Gasteiger partial charge is 0.408 e. The van der Waals surface area contributed by atoms with Crippen molar-refractivity contribution in [2.24, 2.45) is 0 Å². The number of aromatic nitrogens is 2. The topological polar surface area (TPSA) is 123 Å². The molecule has 0 aliphatic carbocycles. The smallest absolute Gasteiger partial charge is 0.395 e. The number of alkyl halides is 3. The Bertz CT molecular complexity index is 1080. The molecule has 3 amide bonds. The third-order valence-corrected chi connectivity index (χ3v) is 5.68. The van der Waals surface area contributed by atoms with Gasteiger partial charge in [0, 0.05) is 37.6 Å². The molecule has 4 N–H and O–H groups in total. The van der Waals surface area contributed by atoms with Crippen molar-refractivity contribution >= 4 is 34.9 Å². The van der Waals surface area contributed by atoms with Crippen LogP contribution in [0.5, 0.6) is 0 Å². The third-order valence-electron chi connectivity index (χ3n) is 5.68. The van der Waals surface area contributed by atoms with Crippen LogP contribution in [0.4, 0.5) is 41.0 Å². The molecule has 4 heterocycles. The number of carbonyl (C=O) groups excluding carboxylic acids is 2. The van der Waals surface area contributed by atoms with Crippen molar-refractivity contribution in [1.82, 2.24) is 15.3 Å². The van der Waals surface area contributed by atoms with E-state index in [0.29, 0.717) is 37.4 Å². The van der Waals surface area contributed by atoms with Gasteiger partial charge in [-0.25, -0.2) is 14.8 Å². The summed E-state index contributed by atoms with van der Waals surface area (Å²) in [5.41, 5.74) is 1.06. The highest BCUT2D eigenvalue weighted by atomic mass is 19.4. The van der Waals surface area contributed by atoms with Crippen LogP contribution in [0.25, 0.3) is 0 Å². The second-order valence-electron chi connectivity index (χ2n) is 8.04. The summed E-state index contributed by atoms with van der Waals surface area (Å²) in [6.07, 6.45) is -2.42. The van der Waals surface area contributed by atoms with Crippen LogP contribution in [-0.2, 0) is 0 Å². The zero-order valence-corrected chi connectivity index (χ0v) is 18.3. The van der Waals surface area contributed by atoms with E-state index in [1.807, 2.05) is 10.2 Å². The molecule has 34 heavy (non-hydrogen) atoms. The molecule has 0 spiro atoms. The van der Waals surface area contributed by atoms with Gasteiger partial charge in [-0.15, -0.1) is 0 Å². The number of pyridine rings is 2. The lowest BCUT2D eigenvalue weighted by molar-refractivity contribution is -0.149. The minimum atomic E-state index is -4.59. The van der Waals surface area contributed by atoms with E-state index in [0.717, 1.165) is 6.92 Å². The van der Waals surface area contributed by atoms with Crippen molar-refractivity contribution < 1.29 is 27.9 Å². The van der Waals surface area contributed by atoms with Gasteiger partial charge in [-0.3, -0.25) is 15.0 Å². The summed E-state index contributed by atoms with van der Waals surface area (Å²) in [5, 5.41) is 16.6. The van der Waals surface area contributed by atoms with E-state index in [1.165, 1.54) is 17.2 Å². The van der Waals surface area contributed by atoms with Crippen LogP contribution in [0.1, 0.15) is 23.8 Å². The number of anilines is 4. The number of aliphatic hydroxyl groups excluding tert-OH is 1. The molecule has 4 rings (SSSR count). The Morgan fingerprint density at radius 2 is 2.09 bits per heavy atom. The van der Waals surface area contributed by atoms with Crippen molar-refractivity contribution in [3.8, 4) is 0 Å². The number of nitrogens with zero attached hydrogens (tertiary/aromatic N) is 4. The first kappa shape index (κ1) is 23.5. The van der Waals surface area contributed by atoms with E-state index in [9.17, 15) is 22.8 Å². The molecular weight excluding hydrogens is 455 g/mol. The molecule has 1 fully saturated rings. The Morgan fingerprint density at radius 3 is 2.82 bits per heavy atom. The molecule has 2 aliphatic heterocycles. The molecule has 0 saturated carbocycles. The van der Waals surface area contributed by atoms with E-state index < -0.39 is 24.2 Å². The molecule has 2 atom stereocenters. The summed E-state index contributed by atoms with van der Waals surface area (Å²) in [4.78, 5) is 37.5. The van der Waals surface area contributed by atoms with Gasteiger partial charge < -0.3 is 20.6 Å². The van der Waals surface area contributed by atoms with Crippen molar-refractivity contribution in [3.63, 3.8) is 0 Å². The van der Waals surface area contributed by atoms with Crippen molar-refractivity contribution in [3.05, 3.63) is 36.2 Å². The molecule has 0 aromatic carbocycles. The van der Waals surface area contributed by atoms with E-state index in [1.54, 1.807) is 18.2 Å². The normalized spacial score (nSPS) is 17.7. The first-order valence-corrected chi connectivity index (χ1v) is 10.7. The number of urea groups is 1. The monoisotopic (exact) mass is 479 g/mol. The van der Waals surface area contributed by atoms with Crippen LogP contribution in [0.2, 0.25) is 0 Å². The molecule has 2 bridgehead atoms. The maximum absolute atomic E-state index is 13.2. The van der Waals surface area contributed by atoms with Crippen molar-refractivity contribution in [2.75, 3.05) is 46.7 Å². The lowest BCUT2D eigenvalue weighted by Gasteiger charge is -2.35. The summed E-state index contributed by atoms with van der Waals surface area (Å²) in [5.74, 6) is -0.513. The number of halogens is 3. The van der Waals surface area contributed by atoms with Gasteiger partial charge in [0.25, 0.3) is 5.91 Å². The summed E-state index contributed by atoms with van der Waals surface area (Å²) in [6.45, 7) is 2.37. The summed E-state index contributed by atoms with van der Waals surface area (Å²) >= 11 is 0. The van der Waals surface area contributed by atoms with Gasteiger partial charge in [-0.1, -0.05) is 0 Å². The molecule has 182 valence electrons. The van der Waals surface area contributed by atoms with E-state index in [4.69, 9.17) is 5.11 Å². The second-order valence-corrected chi connectivity index (χ2v) is 8.04. The van der Waals surface area contributed by atoms with E-state index in [2.05, 4.69) is 20.6 Å². The van der Waals surface area contributed by atoms with Gasteiger partial charge in [0.15, 0.2) is 5.82 Å². The summed E-state index contributed by atoms with van der Waals surface area (Å²) in [6, 6.07) is 3.45. The van der Waals surface area contributed by atoms with Crippen LogP contribution in [0.3, 0.4) is 0 Å². The van der Waals surface area contributed by atoms with Crippen LogP contribution in [-0.4, -0.2) is 71.5 Å². The minimum absolute atomic E-state index is 0.0594. The first-order chi connectivity index (χ1) is 16.2. The van der Waals surface area contributed by atoms with E-state index >= 15 is 0 Å². The van der Waals surface area contributed by atoms with Gasteiger partial charge in [0.1, 0.15) is 17.6 Å². The highest BCUT2D eigenvalue weighted by Crippen LogP contribution is 2.39. The van der Waals surface area contributed by atoms with Gasteiger partial charge >= 0.3 is 12.2 Å². The number of aliphatic hydroxyl groups is 1. The number of fused-ring (bicyclic) bond motifs is 4. The Morgan fingerprint density at radius 1 is 1.29 bits per heavy atom. The Balaban J connectivity index is 1.58. The fourth-order valence-corrected chi connectivity index (χ4v) is 3.93. The average Bonchev–Trinajstić information content (AvgIpc) is 3.21. The quantitative estimate of drug-likeness (QED) is 0.501. The first-order valence-electron chi connectivity index (χ1n) is 10.7. The lowest BCUT2D eigenvalue weighted by atomic mass is 10.1. The number of hydrogen-bond acceptors (Lipinski definition) is 7. The number of carbonyl (C=O) groups is 2. The van der Waals surface area contributed by atoms with Gasteiger partial charge in [-0.2, -0.15) is 13.2 Å². The third kappa shape index (κ3) is 4.83. The molecular formula is C21H24F3N7O3. The van der Waals surface area contributed by atoms with Crippen LogP contribution >= 0.6 is 0 Å². The second kappa shape index (κ2) is 9.33. The van der Waals surface area contributed by atoms with Crippen LogP contribution in [0, 0.1) is 0 Å². The number of rotatable bonds is 6. The Labute approximate surface area is 193 Å². The standard InChI is InChI=1S/C21H24F3N7O3/c1-12(21(22,23)24)27-19(33)15-2-3-16-18(28-15)31(14-5-8-30(16)11-14)20(34)29-17-10-13(4-6-26-17)25-7-9-32/h2-4,6,10,12,14,32H,5,7-9,11H2,1H3,(H,27,33)(H2,25,26,29,34)/t12-,14?/m1/s1. The average molecular weight is 479 g/mol. The lowest BCUT2D eigenvalue weighted by Crippen LogP contribution is -2.49. The molecule has 2 aliphatic rings. The fourth-order valence-electron chi connectivity index (χ4n) is 3.93. The molecule has 2 aromatic heterocycles. The highest BCUT2D eigenvalue weighted by Gasteiger charge is 2.41. The number of nitrogens with one attached hydrogen (secondary N) is 3. The minimum Gasteiger partial charge on any atom is -0.395 e. The predicted molar refractivity (Wildman–Crippen MR) is 119 cm³/mol. The maximum Gasteiger partial charge on any atom is 0.408 e. The summed E-state index contributed by atoms with van der Waals surface area (Å²) in [7, 11) is 0. The van der Waals surface area contributed by atoms with Gasteiger partial charge in [0.2, 0.25) is 0 Å². The fraction of sp³-hybridized carbons (Fsp3) is 0.429. The van der Waals surface area contributed by atoms with E-state index in [-0.39, 0.29) is 30.0 Å². The van der Waals surface area contributed by atoms with Crippen molar-refractivity contribution in [1.29, 1.82) is 0 Å². The van der Waals surface area contributed by atoms with Crippen LogP contribution in [0.15, 0.2) is 30.5 Å². The molecule has 10 nitrogen and oxygen atoms in total. The zero-order chi connectivity index (χ0) is 24.5. The number of hydrogen-bond donors (Lipinski definition) is 4. The van der Waals surface area contributed by atoms with Gasteiger partial charge in [0.05, 0.1) is 18.3 Å². The maximum atomic E-state index is 13.2. The zero-order valence-electron chi connectivity index (χ0n) is 18.3. The predicted octanol–water partition coefficient (Wildman–Crippen LogP) is 2.19. The summed E-state index contributed by atoms with van der Waals surface area (Å²) < 4.78 is 38.6. The van der Waals surface area contributed by atoms with Crippen molar-refractivity contribution in [2.45, 2.75) is 31.6 Å². The molecule has 1 saturated heterocycles.